The fourth-order valence-electron chi connectivity index (χ4n) is 2.04. The molecule has 0 amide bonds. The van der Waals surface area contributed by atoms with Crippen LogP contribution in [0.25, 0.3) is 0 Å². The van der Waals surface area contributed by atoms with Gasteiger partial charge in [0.15, 0.2) is 0 Å². The third-order valence-electron chi connectivity index (χ3n) is 3.50. The van der Waals surface area contributed by atoms with Crippen molar-refractivity contribution in [3.8, 4) is 5.75 Å². The molecule has 0 heterocycles. The van der Waals surface area contributed by atoms with Gasteiger partial charge >= 0.3 is 0 Å². The highest BCUT2D eigenvalue weighted by molar-refractivity contribution is 5.31. The van der Waals surface area contributed by atoms with Crippen molar-refractivity contribution in [3.05, 3.63) is 65.2 Å². The lowest BCUT2D eigenvalue weighted by Gasteiger charge is -2.14. The van der Waals surface area contributed by atoms with Crippen LogP contribution >= 0.6 is 0 Å². The lowest BCUT2D eigenvalue weighted by atomic mass is 10.0. The van der Waals surface area contributed by atoms with Crippen LogP contribution in [-0.2, 0) is 4.74 Å². The number of aryl methyl sites for hydroxylation is 2. The topological polar surface area (TPSA) is 44.5 Å². The van der Waals surface area contributed by atoms with Gasteiger partial charge in [0, 0.05) is 0 Å². The molecule has 1 atom stereocenters. The van der Waals surface area contributed by atoms with Crippen molar-refractivity contribution in [2.24, 2.45) is 5.73 Å². The fraction of sp³-hybridized carbons (Fsp3) is 0.333. The minimum absolute atomic E-state index is 0.0963. The second-order valence-electron chi connectivity index (χ2n) is 5.19. The Kier molecular flexibility index (Phi) is 5.78. The van der Waals surface area contributed by atoms with Gasteiger partial charge < -0.3 is 15.2 Å². The Bertz CT molecular complexity index is 554. The van der Waals surface area contributed by atoms with Gasteiger partial charge in [0.05, 0.1) is 19.3 Å². The minimum atomic E-state index is -0.0963. The molecule has 0 bridgehead atoms. The van der Waals surface area contributed by atoms with Crippen molar-refractivity contribution < 1.29 is 9.47 Å². The number of para-hydroxylation sites is 1. The van der Waals surface area contributed by atoms with Crippen LogP contribution in [0.1, 0.15) is 22.7 Å². The van der Waals surface area contributed by atoms with Crippen LogP contribution in [0.3, 0.4) is 0 Å². The zero-order valence-electron chi connectivity index (χ0n) is 12.7. The van der Waals surface area contributed by atoms with Crippen molar-refractivity contribution >= 4 is 0 Å². The van der Waals surface area contributed by atoms with Gasteiger partial charge in [-0.15, -0.1) is 0 Å². The number of hydrogen-bond donors (Lipinski definition) is 1. The summed E-state index contributed by atoms with van der Waals surface area (Å²) in [6.07, 6.45) is 0. The standard InChI is InChI=1S/C18H23NO2/c1-14-8-9-16(12-15(14)2)18(19)13-20-10-11-21-17-6-4-3-5-7-17/h3-9,12,18H,10-11,13,19H2,1-2H3. The molecule has 0 radical (unpaired) electrons. The average Bonchev–Trinajstić information content (AvgIpc) is 2.50. The van der Waals surface area contributed by atoms with E-state index in [9.17, 15) is 0 Å². The lowest BCUT2D eigenvalue weighted by Crippen LogP contribution is -2.19. The van der Waals surface area contributed by atoms with E-state index in [2.05, 4.69) is 32.0 Å². The van der Waals surface area contributed by atoms with Crippen molar-refractivity contribution in [2.75, 3.05) is 19.8 Å². The monoisotopic (exact) mass is 285 g/mol. The summed E-state index contributed by atoms with van der Waals surface area (Å²) < 4.78 is 11.2. The van der Waals surface area contributed by atoms with E-state index in [-0.39, 0.29) is 6.04 Å². The first-order valence-electron chi connectivity index (χ1n) is 7.25. The molecule has 0 saturated heterocycles. The summed E-state index contributed by atoms with van der Waals surface area (Å²) in [5.74, 6) is 0.861. The van der Waals surface area contributed by atoms with Crippen LogP contribution in [0.15, 0.2) is 48.5 Å². The third-order valence-corrected chi connectivity index (χ3v) is 3.50. The summed E-state index contributed by atoms with van der Waals surface area (Å²) in [6, 6.07) is 15.9. The van der Waals surface area contributed by atoms with Gasteiger partial charge in [0.1, 0.15) is 12.4 Å². The molecule has 3 heteroatoms. The van der Waals surface area contributed by atoms with Gasteiger partial charge in [-0.2, -0.15) is 0 Å². The highest BCUT2D eigenvalue weighted by atomic mass is 16.5. The summed E-state index contributed by atoms with van der Waals surface area (Å²) in [5.41, 5.74) is 9.79. The normalized spacial score (nSPS) is 12.1. The Morgan fingerprint density at radius 3 is 2.43 bits per heavy atom. The first-order valence-corrected chi connectivity index (χ1v) is 7.25. The molecule has 0 aliphatic rings. The first kappa shape index (κ1) is 15.5. The van der Waals surface area contributed by atoms with E-state index < -0.39 is 0 Å². The van der Waals surface area contributed by atoms with Crippen LogP contribution in [0, 0.1) is 13.8 Å². The number of nitrogens with two attached hydrogens (primary N) is 1. The molecule has 2 N–H and O–H groups in total. The predicted molar refractivity (Wildman–Crippen MR) is 85.6 cm³/mol. The Labute approximate surface area is 126 Å². The molecule has 2 rings (SSSR count). The van der Waals surface area contributed by atoms with E-state index in [0.717, 1.165) is 11.3 Å². The van der Waals surface area contributed by atoms with E-state index in [0.29, 0.717) is 19.8 Å². The molecule has 0 fully saturated rings. The second kappa shape index (κ2) is 7.81. The van der Waals surface area contributed by atoms with Crippen LogP contribution in [0.4, 0.5) is 0 Å². The van der Waals surface area contributed by atoms with Gasteiger partial charge in [-0.25, -0.2) is 0 Å². The van der Waals surface area contributed by atoms with E-state index in [1.54, 1.807) is 0 Å². The van der Waals surface area contributed by atoms with Gasteiger partial charge in [0.25, 0.3) is 0 Å². The maximum atomic E-state index is 6.14. The smallest absolute Gasteiger partial charge is 0.119 e. The number of rotatable bonds is 7. The molecule has 2 aromatic rings. The highest BCUT2D eigenvalue weighted by Gasteiger charge is 2.07. The largest absolute Gasteiger partial charge is 0.491 e. The molecule has 112 valence electrons. The Morgan fingerprint density at radius 2 is 1.71 bits per heavy atom. The molecule has 0 saturated carbocycles. The van der Waals surface area contributed by atoms with Crippen LogP contribution < -0.4 is 10.5 Å². The Hall–Kier alpha value is -1.84. The summed E-state index contributed by atoms with van der Waals surface area (Å²) in [5, 5.41) is 0. The molecule has 3 nitrogen and oxygen atoms in total. The van der Waals surface area contributed by atoms with Gasteiger partial charge in [-0.1, -0.05) is 36.4 Å². The quantitative estimate of drug-likeness (QED) is 0.793. The van der Waals surface area contributed by atoms with Crippen LogP contribution in [0.5, 0.6) is 5.75 Å². The van der Waals surface area contributed by atoms with Gasteiger partial charge in [-0.05, 0) is 42.7 Å². The number of benzene rings is 2. The highest BCUT2D eigenvalue weighted by Crippen LogP contribution is 2.15. The maximum absolute atomic E-state index is 6.14. The van der Waals surface area contributed by atoms with Crippen molar-refractivity contribution in [1.29, 1.82) is 0 Å². The van der Waals surface area contributed by atoms with E-state index in [1.807, 2.05) is 30.3 Å². The molecule has 0 aromatic heterocycles. The number of hydrogen-bond acceptors (Lipinski definition) is 3. The molecule has 1 unspecified atom stereocenters. The summed E-state index contributed by atoms with van der Waals surface area (Å²) in [4.78, 5) is 0. The average molecular weight is 285 g/mol. The van der Waals surface area contributed by atoms with E-state index in [4.69, 9.17) is 15.2 Å². The molecular weight excluding hydrogens is 262 g/mol. The predicted octanol–water partition coefficient (Wildman–Crippen LogP) is 3.40. The summed E-state index contributed by atoms with van der Waals surface area (Å²) in [6.45, 7) is 5.76. The SMILES string of the molecule is Cc1ccc(C(N)COCCOc2ccccc2)cc1C. The Morgan fingerprint density at radius 1 is 0.952 bits per heavy atom. The van der Waals surface area contributed by atoms with Crippen LogP contribution in [0.2, 0.25) is 0 Å². The van der Waals surface area contributed by atoms with Crippen LogP contribution in [-0.4, -0.2) is 19.8 Å². The molecule has 0 aliphatic carbocycles. The summed E-state index contributed by atoms with van der Waals surface area (Å²) in [7, 11) is 0. The molecule has 21 heavy (non-hydrogen) atoms. The molecular formula is C18H23NO2. The fourth-order valence-corrected chi connectivity index (χ4v) is 2.04. The van der Waals surface area contributed by atoms with Crippen molar-refractivity contribution in [3.63, 3.8) is 0 Å². The van der Waals surface area contributed by atoms with Gasteiger partial charge in [0.2, 0.25) is 0 Å². The summed E-state index contributed by atoms with van der Waals surface area (Å²) >= 11 is 0. The molecule has 2 aromatic carbocycles. The van der Waals surface area contributed by atoms with Crippen molar-refractivity contribution in [1.82, 2.24) is 0 Å². The van der Waals surface area contributed by atoms with E-state index >= 15 is 0 Å². The zero-order chi connectivity index (χ0) is 15.1. The molecule has 0 spiro atoms. The minimum Gasteiger partial charge on any atom is -0.491 e. The first-order chi connectivity index (χ1) is 10.2. The number of ether oxygens (including phenoxy) is 2. The van der Waals surface area contributed by atoms with Crippen molar-refractivity contribution in [2.45, 2.75) is 19.9 Å². The van der Waals surface area contributed by atoms with Gasteiger partial charge in [-0.3, -0.25) is 0 Å². The zero-order valence-corrected chi connectivity index (χ0v) is 12.7. The third kappa shape index (κ3) is 4.88. The second-order valence-corrected chi connectivity index (χ2v) is 5.19. The maximum Gasteiger partial charge on any atom is 0.119 e. The Balaban J connectivity index is 1.69. The lowest BCUT2D eigenvalue weighted by molar-refractivity contribution is 0.0903. The van der Waals surface area contributed by atoms with E-state index in [1.165, 1.54) is 11.1 Å². The molecule has 0 aliphatic heterocycles.